The van der Waals surface area contributed by atoms with Crippen molar-refractivity contribution in [3.05, 3.63) is 65.4 Å². The van der Waals surface area contributed by atoms with E-state index in [9.17, 15) is 14.7 Å². The molecule has 2 aromatic carbocycles. The van der Waals surface area contributed by atoms with Crippen molar-refractivity contribution in [3.63, 3.8) is 0 Å². The second-order valence-electron chi connectivity index (χ2n) is 7.27. The minimum Gasteiger partial charge on any atom is -0.508 e. The van der Waals surface area contributed by atoms with Gasteiger partial charge in [0.15, 0.2) is 0 Å². The molecular formula is C21H19N3O3. The van der Waals surface area contributed by atoms with Gasteiger partial charge in [-0.1, -0.05) is 30.3 Å². The molecule has 3 heterocycles. The summed E-state index contributed by atoms with van der Waals surface area (Å²) in [5, 5.41) is 10.8. The number of rotatable bonds is 1. The SMILES string of the molecule is CN1CC(=O)N2[C@H](c3ccc(O)cc3)c3[nH]c4ccccc4c3C[C@@H]2C1=O. The summed E-state index contributed by atoms with van der Waals surface area (Å²) in [6, 6.07) is 14.0. The number of nitrogens with one attached hydrogen (secondary N) is 1. The zero-order chi connectivity index (χ0) is 18.7. The van der Waals surface area contributed by atoms with Gasteiger partial charge < -0.3 is 19.9 Å². The molecule has 6 nitrogen and oxygen atoms in total. The monoisotopic (exact) mass is 361 g/mol. The highest BCUT2D eigenvalue weighted by Crippen LogP contribution is 2.42. The molecule has 0 unspecified atom stereocenters. The Hall–Kier alpha value is -3.28. The minimum atomic E-state index is -0.512. The third-order valence-electron chi connectivity index (χ3n) is 5.66. The smallest absolute Gasteiger partial charge is 0.245 e. The van der Waals surface area contributed by atoms with Gasteiger partial charge in [-0.05, 0) is 29.3 Å². The fourth-order valence-electron chi connectivity index (χ4n) is 4.41. The number of carbonyl (C=O) groups is 2. The number of benzene rings is 2. The van der Waals surface area contributed by atoms with E-state index in [0.29, 0.717) is 6.42 Å². The lowest BCUT2D eigenvalue weighted by molar-refractivity contribution is -0.157. The van der Waals surface area contributed by atoms with Crippen LogP contribution in [0.15, 0.2) is 48.5 Å². The molecule has 2 aliphatic heterocycles. The van der Waals surface area contributed by atoms with Gasteiger partial charge in [0.1, 0.15) is 11.8 Å². The second-order valence-corrected chi connectivity index (χ2v) is 7.27. The molecule has 0 radical (unpaired) electrons. The number of amides is 2. The zero-order valence-corrected chi connectivity index (χ0v) is 14.8. The molecule has 0 saturated carbocycles. The average molecular weight is 361 g/mol. The van der Waals surface area contributed by atoms with Crippen molar-refractivity contribution in [1.29, 1.82) is 0 Å². The third kappa shape index (κ3) is 2.26. The molecule has 2 atom stereocenters. The number of para-hydroxylation sites is 1. The topological polar surface area (TPSA) is 76.6 Å². The molecule has 0 bridgehead atoms. The molecule has 1 saturated heterocycles. The van der Waals surface area contributed by atoms with E-state index in [1.165, 1.54) is 4.90 Å². The van der Waals surface area contributed by atoms with E-state index in [4.69, 9.17) is 0 Å². The van der Waals surface area contributed by atoms with Crippen LogP contribution in [0.4, 0.5) is 0 Å². The highest BCUT2D eigenvalue weighted by atomic mass is 16.3. The van der Waals surface area contributed by atoms with E-state index in [1.807, 2.05) is 36.4 Å². The Bertz CT molecular complexity index is 1070. The largest absolute Gasteiger partial charge is 0.508 e. The van der Waals surface area contributed by atoms with Crippen LogP contribution in [0, 0.1) is 0 Å². The summed E-state index contributed by atoms with van der Waals surface area (Å²) >= 11 is 0. The van der Waals surface area contributed by atoms with E-state index in [0.717, 1.165) is 27.7 Å². The van der Waals surface area contributed by atoms with Crippen LogP contribution in [0.5, 0.6) is 5.75 Å². The number of phenolic OH excluding ortho intramolecular Hbond substituents is 1. The van der Waals surface area contributed by atoms with Gasteiger partial charge in [-0.15, -0.1) is 0 Å². The standard InChI is InChI=1S/C21H19N3O3/c1-23-11-18(26)24-17(21(23)27)10-15-14-4-2-3-5-16(14)22-19(15)20(24)12-6-8-13(25)9-7-12/h2-9,17,20,22,25H,10-11H2,1H3/t17-,20-/m1/s1. The van der Waals surface area contributed by atoms with Gasteiger partial charge in [0.05, 0.1) is 12.6 Å². The van der Waals surface area contributed by atoms with E-state index in [1.54, 1.807) is 24.1 Å². The van der Waals surface area contributed by atoms with Crippen LogP contribution in [-0.4, -0.2) is 51.3 Å². The molecule has 2 N–H and O–H groups in total. The van der Waals surface area contributed by atoms with Crippen LogP contribution < -0.4 is 0 Å². The van der Waals surface area contributed by atoms with Crippen LogP contribution in [-0.2, 0) is 16.0 Å². The van der Waals surface area contributed by atoms with Crippen molar-refractivity contribution >= 4 is 22.7 Å². The molecule has 3 aromatic rings. The van der Waals surface area contributed by atoms with Gasteiger partial charge in [-0.2, -0.15) is 0 Å². The van der Waals surface area contributed by atoms with Gasteiger partial charge in [-0.25, -0.2) is 0 Å². The predicted molar refractivity (Wildman–Crippen MR) is 100 cm³/mol. The number of phenols is 1. The molecule has 1 fully saturated rings. The predicted octanol–water partition coefficient (Wildman–Crippen LogP) is 2.19. The Labute approximate surface area is 156 Å². The van der Waals surface area contributed by atoms with Gasteiger partial charge in [0.2, 0.25) is 11.8 Å². The number of carbonyl (C=O) groups excluding carboxylic acids is 2. The lowest BCUT2D eigenvalue weighted by Crippen LogP contribution is -2.62. The Kier molecular flexibility index (Phi) is 3.31. The molecule has 1 aromatic heterocycles. The van der Waals surface area contributed by atoms with Crippen molar-refractivity contribution in [2.45, 2.75) is 18.5 Å². The summed E-state index contributed by atoms with van der Waals surface area (Å²) in [6.45, 7) is 0.0828. The molecule has 6 heteroatoms. The van der Waals surface area contributed by atoms with Crippen LogP contribution in [0.25, 0.3) is 10.9 Å². The Morgan fingerprint density at radius 1 is 1.07 bits per heavy atom. The zero-order valence-electron chi connectivity index (χ0n) is 14.8. The van der Waals surface area contributed by atoms with Crippen molar-refractivity contribution in [3.8, 4) is 5.75 Å². The molecule has 2 aliphatic rings. The molecule has 2 amide bonds. The quantitative estimate of drug-likeness (QED) is 0.698. The molecule has 5 rings (SSSR count). The van der Waals surface area contributed by atoms with Crippen LogP contribution in [0.3, 0.4) is 0 Å². The molecule has 0 spiro atoms. The highest BCUT2D eigenvalue weighted by Gasteiger charge is 2.47. The van der Waals surface area contributed by atoms with Gasteiger partial charge in [0, 0.05) is 30.1 Å². The summed E-state index contributed by atoms with van der Waals surface area (Å²) in [7, 11) is 1.68. The normalized spacial score (nSPS) is 22.1. The fourth-order valence-corrected chi connectivity index (χ4v) is 4.41. The van der Waals surface area contributed by atoms with Crippen molar-refractivity contribution in [2.75, 3.05) is 13.6 Å². The Morgan fingerprint density at radius 2 is 1.81 bits per heavy atom. The number of nitrogens with zero attached hydrogens (tertiary/aromatic N) is 2. The number of aromatic nitrogens is 1. The fraction of sp³-hybridized carbons (Fsp3) is 0.238. The number of fused-ring (bicyclic) bond motifs is 4. The van der Waals surface area contributed by atoms with Crippen LogP contribution in [0.2, 0.25) is 0 Å². The van der Waals surface area contributed by atoms with Crippen molar-refractivity contribution < 1.29 is 14.7 Å². The van der Waals surface area contributed by atoms with Gasteiger partial charge in [-0.3, -0.25) is 9.59 Å². The average Bonchev–Trinajstić information content (AvgIpc) is 3.04. The Balaban J connectivity index is 1.76. The van der Waals surface area contributed by atoms with E-state index in [2.05, 4.69) is 4.98 Å². The van der Waals surface area contributed by atoms with E-state index < -0.39 is 6.04 Å². The van der Waals surface area contributed by atoms with Crippen molar-refractivity contribution in [2.24, 2.45) is 0 Å². The number of likely N-dealkylation sites (N-methyl/N-ethyl adjacent to an activating group) is 1. The number of piperazine rings is 1. The molecule has 0 aliphatic carbocycles. The maximum absolute atomic E-state index is 12.9. The highest BCUT2D eigenvalue weighted by molar-refractivity contribution is 5.97. The first-order valence-electron chi connectivity index (χ1n) is 8.99. The maximum Gasteiger partial charge on any atom is 0.245 e. The molecule has 27 heavy (non-hydrogen) atoms. The third-order valence-corrected chi connectivity index (χ3v) is 5.66. The summed E-state index contributed by atoms with van der Waals surface area (Å²) in [5.41, 5.74) is 3.90. The summed E-state index contributed by atoms with van der Waals surface area (Å²) in [5.74, 6) is 0.0718. The first-order valence-corrected chi connectivity index (χ1v) is 8.99. The number of aromatic hydroxyl groups is 1. The van der Waals surface area contributed by atoms with E-state index >= 15 is 0 Å². The van der Waals surface area contributed by atoms with Crippen LogP contribution in [0.1, 0.15) is 22.9 Å². The first kappa shape index (κ1) is 15.9. The second kappa shape index (κ2) is 5.61. The Morgan fingerprint density at radius 3 is 2.59 bits per heavy atom. The first-order chi connectivity index (χ1) is 13.0. The minimum absolute atomic E-state index is 0.0330. The maximum atomic E-state index is 12.9. The van der Waals surface area contributed by atoms with Gasteiger partial charge >= 0.3 is 0 Å². The summed E-state index contributed by atoms with van der Waals surface area (Å²) in [4.78, 5) is 32.5. The summed E-state index contributed by atoms with van der Waals surface area (Å²) in [6.07, 6.45) is 0.503. The number of aromatic amines is 1. The molecule has 136 valence electrons. The summed E-state index contributed by atoms with van der Waals surface area (Å²) < 4.78 is 0. The van der Waals surface area contributed by atoms with Gasteiger partial charge in [0.25, 0.3) is 0 Å². The number of hydrogen-bond acceptors (Lipinski definition) is 3. The van der Waals surface area contributed by atoms with Crippen LogP contribution >= 0.6 is 0 Å². The number of hydrogen-bond donors (Lipinski definition) is 2. The van der Waals surface area contributed by atoms with E-state index in [-0.39, 0.29) is 30.2 Å². The van der Waals surface area contributed by atoms with Crippen molar-refractivity contribution in [1.82, 2.24) is 14.8 Å². The lowest BCUT2D eigenvalue weighted by Gasteiger charge is -2.46. The lowest BCUT2D eigenvalue weighted by atomic mass is 9.86. The number of H-pyrrole nitrogens is 1. The molecular weight excluding hydrogens is 342 g/mol.